The number of nitrogens with two attached hydrogens (primary N) is 1. The molecule has 17 heavy (non-hydrogen) atoms. The van der Waals surface area contributed by atoms with Gasteiger partial charge in [-0.15, -0.1) is 0 Å². The van der Waals surface area contributed by atoms with Crippen LogP contribution in [0.4, 0.5) is 0 Å². The van der Waals surface area contributed by atoms with E-state index in [-0.39, 0.29) is 5.91 Å². The zero-order valence-corrected chi connectivity index (χ0v) is 11.5. The first-order valence-electron chi connectivity index (χ1n) is 6.80. The molecule has 1 unspecified atom stereocenters. The highest BCUT2D eigenvalue weighted by molar-refractivity contribution is 5.75. The predicted octanol–water partition coefficient (Wildman–Crippen LogP) is 1.66. The van der Waals surface area contributed by atoms with Crippen LogP contribution in [0.15, 0.2) is 0 Å². The van der Waals surface area contributed by atoms with E-state index in [9.17, 15) is 4.79 Å². The summed E-state index contributed by atoms with van der Waals surface area (Å²) >= 11 is 0. The van der Waals surface area contributed by atoms with Crippen LogP contribution in [0.3, 0.4) is 0 Å². The maximum atomic E-state index is 11.2. The Kier molecular flexibility index (Phi) is 5.40. The van der Waals surface area contributed by atoms with E-state index >= 15 is 0 Å². The number of likely N-dealkylation sites (tertiary alicyclic amines) is 1. The van der Waals surface area contributed by atoms with Crippen molar-refractivity contribution in [2.45, 2.75) is 58.9 Å². The first-order valence-corrected chi connectivity index (χ1v) is 6.80. The summed E-state index contributed by atoms with van der Waals surface area (Å²) in [5, 5.41) is 0. The molecule has 1 atom stereocenters. The van der Waals surface area contributed by atoms with E-state index in [4.69, 9.17) is 5.84 Å². The second-order valence-corrected chi connectivity index (χ2v) is 5.36. The fraction of sp³-hybridized carbons (Fsp3) is 0.923. The molecule has 0 radical (unpaired) electrons. The molecule has 0 aromatic heterocycles. The molecule has 0 aliphatic carbocycles. The minimum absolute atomic E-state index is 0.0691. The second-order valence-electron chi connectivity index (χ2n) is 5.36. The molecule has 0 spiro atoms. The summed E-state index contributed by atoms with van der Waals surface area (Å²) in [5.74, 6) is 5.05. The molecule has 4 nitrogen and oxygen atoms in total. The van der Waals surface area contributed by atoms with E-state index in [0.29, 0.717) is 17.9 Å². The molecule has 1 fully saturated rings. The van der Waals surface area contributed by atoms with Gasteiger partial charge >= 0.3 is 0 Å². The Balaban J connectivity index is 2.43. The Bertz CT molecular complexity index is 241. The molecule has 100 valence electrons. The summed E-state index contributed by atoms with van der Waals surface area (Å²) in [4.78, 5) is 13.7. The van der Waals surface area contributed by atoms with Gasteiger partial charge in [0, 0.05) is 12.5 Å². The minimum atomic E-state index is -0.0691. The summed E-state index contributed by atoms with van der Waals surface area (Å²) in [6.07, 6.45) is 5.56. The maximum absolute atomic E-state index is 11.2. The molecule has 1 aliphatic heterocycles. The molecule has 4 heteroatoms. The van der Waals surface area contributed by atoms with Gasteiger partial charge in [-0.3, -0.25) is 10.2 Å². The predicted molar refractivity (Wildman–Crippen MR) is 70.2 cm³/mol. The van der Waals surface area contributed by atoms with Gasteiger partial charge in [0.2, 0.25) is 5.91 Å². The van der Waals surface area contributed by atoms with Crippen molar-refractivity contribution in [3.63, 3.8) is 0 Å². The van der Waals surface area contributed by atoms with Gasteiger partial charge in [0.15, 0.2) is 0 Å². The molecule has 1 rings (SSSR count). The van der Waals surface area contributed by atoms with Crippen molar-refractivity contribution >= 4 is 5.91 Å². The highest BCUT2D eigenvalue weighted by Gasteiger charge is 2.32. The molecule has 3 N–H and O–H groups in total. The van der Waals surface area contributed by atoms with Crippen molar-refractivity contribution in [2.24, 2.45) is 11.3 Å². The largest absolute Gasteiger partial charge is 0.300 e. The molecular formula is C13H27N3O. The van der Waals surface area contributed by atoms with Gasteiger partial charge in [0.05, 0.1) is 0 Å². The second kappa shape index (κ2) is 6.36. The van der Waals surface area contributed by atoms with E-state index < -0.39 is 0 Å². The van der Waals surface area contributed by atoms with Crippen molar-refractivity contribution in [2.75, 3.05) is 13.1 Å². The summed E-state index contributed by atoms with van der Waals surface area (Å²) in [7, 11) is 0. The van der Waals surface area contributed by atoms with Crippen molar-refractivity contribution in [1.29, 1.82) is 0 Å². The highest BCUT2D eigenvalue weighted by Crippen LogP contribution is 2.38. The molecule has 1 amide bonds. The van der Waals surface area contributed by atoms with Crippen molar-refractivity contribution < 1.29 is 4.79 Å². The number of rotatable bonds is 5. The zero-order valence-electron chi connectivity index (χ0n) is 11.5. The van der Waals surface area contributed by atoms with Crippen LogP contribution in [-0.4, -0.2) is 29.9 Å². The van der Waals surface area contributed by atoms with E-state index in [0.717, 1.165) is 13.1 Å². The molecule has 0 aromatic carbocycles. The van der Waals surface area contributed by atoms with Gasteiger partial charge in [0.1, 0.15) is 0 Å². The lowest BCUT2D eigenvalue weighted by Gasteiger charge is -2.43. The third-order valence-corrected chi connectivity index (χ3v) is 4.62. The smallest absolute Gasteiger partial charge is 0.235 e. The fourth-order valence-corrected chi connectivity index (χ4v) is 2.85. The minimum Gasteiger partial charge on any atom is -0.300 e. The molecule has 1 saturated heterocycles. The summed E-state index contributed by atoms with van der Waals surface area (Å²) in [5.41, 5.74) is 2.76. The molecule has 0 bridgehead atoms. The van der Waals surface area contributed by atoms with Gasteiger partial charge < -0.3 is 4.90 Å². The molecule has 1 aliphatic rings. The summed E-state index contributed by atoms with van der Waals surface area (Å²) in [6.45, 7) is 8.93. The third kappa shape index (κ3) is 3.68. The van der Waals surface area contributed by atoms with Crippen LogP contribution in [0.25, 0.3) is 0 Å². The number of hydrazine groups is 1. The van der Waals surface area contributed by atoms with E-state index in [1.807, 2.05) is 0 Å². The quantitative estimate of drug-likeness (QED) is 0.437. The molecule has 1 heterocycles. The Morgan fingerprint density at radius 2 is 1.88 bits per heavy atom. The van der Waals surface area contributed by atoms with Gasteiger partial charge in [-0.1, -0.05) is 26.7 Å². The van der Waals surface area contributed by atoms with Crippen LogP contribution in [0.1, 0.15) is 52.9 Å². The van der Waals surface area contributed by atoms with Crippen LogP contribution in [0.5, 0.6) is 0 Å². The van der Waals surface area contributed by atoms with Gasteiger partial charge in [-0.05, 0) is 38.3 Å². The maximum Gasteiger partial charge on any atom is 0.235 e. The van der Waals surface area contributed by atoms with E-state index in [1.54, 1.807) is 0 Å². The Morgan fingerprint density at radius 1 is 1.35 bits per heavy atom. The Hall–Kier alpha value is -0.610. The van der Waals surface area contributed by atoms with E-state index in [2.05, 4.69) is 31.1 Å². The lowest BCUT2D eigenvalue weighted by molar-refractivity contribution is -0.122. The van der Waals surface area contributed by atoms with Gasteiger partial charge in [-0.2, -0.15) is 0 Å². The zero-order chi connectivity index (χ0) is 12.9. The average Bonchev–Trinajstić information content (AvgIpc) is 2.38. The van der Waals surface area contributed by atoms with Crippen molar-refractivity contribution in [3.05, 3.63) is 0 Å². The number of nitrogens with zero attached hydrogens (tertiary/aromatic N) is 1. The Labute approximate surface area is 105 Å². The number of hydrogen-bond donors (Lipinski definition) is 2. The lowest BCUT2D eigenvalue weighted by atomic mass is 9.74. The van der Waals surface area contributed by atoms with Crippen LogP contribution < -0.4 is 11.3 Å². The standard InChI is InChI=1S/C13H27N3O/c1-4-13(5-2)6-8-16(9-7-13)11(3)10-12(17)15-14/h11H,4-10,14H2,1-3H3,(H,15,17). The van der Waals surface area contributed by atoms with Crippen LogP contribution in [0.2, 0.25) is 0 Å². The van der Waals surface area contributed by atoms with Crippen LogP contribution >= 0.6 is 0 Å². The topological polar surface area (TPSA) is 58.4 Å². The number of carbonyl (C=O) groups excluding carboxylic acids is 1. The van der Waals surface area contributed by atoms with Crippen molar-refractivity contribution in [1.82, 2.24) is 10.3 Å². The van der Waals surface area contributed by atoms with Gasteiger partial charge in [0.25, 0.3) is 0 Å². The number of piperidine rings is 1. The average molecular weight is 241 g/mol. The lowest BCUT2D eigenvalue weighted by Crippen LogP contribution is -2.46. The summed E-state index contributed by atoms with van der Waals surface area (Å²) < 4.78 is 0. The van der Waals surface area contributed by atoms with Gasteiger partial charge in [-0.25, -0.2) is 5.84 Å². The summed E-state index contributed by atoms with van der Waals surface area (Å²) in [6, 6.07) is 0.297. The first-order chi connectivity index (χ1) is 8.06. The highest BCUT2D eigenvalue weighted by atomic mass is 16.2. The Morgan fingerprint density at radius 3 is 2.29 bits per heavy atom. The normalized spacial score (nSPS) is 22.1. The third-order valence-electron chi connectivity index (χ3n) is 4.62. The molecular weight excluding hydrogens is 214 g/mol. The number of carbonyl (C=O) groups is 1. The SMILES string of the molecule is CCC1(CC)CCN(C(C)CC(=O)NN)CC1. The fourth-order valence-electron chi connectivity index (χ4n) is 2.85. The molecule has 0 aromatic rings. The van der Waals surface area contributed by atoms with Crippen molar-refractivity contribution in [3.8, 4) is 0 Å². The molecule has 0 saturated carbocycles. The monoisotopic (exact) mass is 241 g/mol. The number of amides is 1. The number of nitrogens with one attached hydrogen (secondary N) is 1. The van der Waals surface area contributed by atoms with Crippen LogP contribution in [-0.2, 0) is 4.79 Å². The van der Waals surface area contributed by atoms with Crippen LogP contribution in [0, 0.1) is 5.41 Å². The number of hydrogen-bond acceptors (Lipinski definition) is 3. The first kappa shape index (κ1) is 14.5. The van der Waals surface area contributed by atoms with E-state index in [1.165, 1.54) is 25.7 Å².